The molecule has 0 aromatic carbocycles. The molecule has 20 heavy (non-hydrogen) atoms. The Morgan fingerprint density at radius 3 is 2.85 bits per heavy atom. The highest BCUT2D eigenvalue weighted by Gasteiger charge is 2.14. The molecule has 2 aliphatic rings. The summed E-state index contributed by atoms with van der Waals surface area (Å²) in [5.74, 6) is 1.02. The molecule has 0 radical (unpaired) electrons. The van der Waals surface area contributed by atoms with E-state index in [2.05, 4.69) is 25.7 Å². The Morgan fingerprint density at radius 2 is 2.10 bits per heavy atom. The summed E-state index contributed by atoms with van der Waals surface area (Å²) in [7, 11) is 0. The molecule has 2 aliphatic carbocycles. The van der Waals surface area contributed by atoms with E-state index in [-0.39, 0.29) is 0 Å². The minimum Gasteiger partial charge on any atom is -0.0952 e. The fourth-order valence-electron chi connectivity index (χ4n) is 3.42. The summed E-state index contributed by atoms with van der Waals surface area (Å²) in [6.45, 7) is 6.60. The molecule has 0 nitrogen and oxygen atoms in total. The Labute approximate surface area is 129 Å². The van der Waals surface area contributed by atoms with E-state index in [4.69, 9.17) is 0 Å². The molecule has 0 N–H and O–H groups in total. The number of hydrogen-bond donors (Lipinski definition) is 0. The topological polar surface area (TPSA) is 0 Å². The zero-order valence-electron chi connectivity index (χ0n) is 13.1. The first-order valence-electron chi connectivity index (χ1n) is 8.53. The minimum absolute atomic E-state index is 1.02. The fourth-order valence-corrected chi connectivity index (χ4v) is 4.53. The van der Waals surface area contributed by atoms with E-state index in [9.17, 15) is 0 Å². The molecule has 2 rings (SSSR count). The average Bonchev–Trinajstić information content (AvgIpc) is 2.85. The summed E-state index contributed by atoms with van der Waals surface area (Å²) >= 11 is 1.95. The molecule has 0 amide bonds. The largest absolute Gasteiger partial charge is 0.0952 e. The number of allylic oxidation sites excluding steroid dienone is 4. The first-order chi connectivity index (χ1) is 9.79. The van der Waals surface area contributed by atoms with E-state index >= 15 is 0 Å². The van der Waals surface area contributed by atoms with Crippen molar-refractivity contribution in [2.45, 2.75) is 77.6 Å². The van der Waals surface area contributed by atoms with Crippen molar-refractivity contribution in [3.63, 3.8) is 0 Å². The second kappa shape index (κ2) is 8.77. The predicted octanol–water partition coefficient (Wildman–Crippen LogP) is 7.00. The lowest BCUT2D eigenvalue weighted by atomic mass is 10.0. The average molecular weight is 291 g/mol. The lowest BCUT2D eigenvalue weighted by Gasteiger charge is -2.12. The van der Waals surface area contributed by atoms with Gasteiger partial charge in [0.05, 0.1) is 0 Å². The summed E-state index contributed by atoms with van der Waals surface area (Å²) in [6, 6.07) is 0. The third-order valence-corrected chi connectivity index (χ3v) is 5.83. The van der Waals surface area contributed by atoms with Gasteiger partial charge in [-0.25, -0.2) is 0 Å². The highest BCUT2D eigenvalue weighted by atomic mass is 32.2. The molecule has 1 fully saturated rings. The molecule has 0 aromatic heterocycles. The molecule has 0 heterocycles. The van der Waals surface area contributed by atoms with Crippen molar-refractivity contribution in [2.24, 2.45) is 5.92 Å². The standard InChI is InChI=1S/C19H30S/c1-3-18-14-5-4-6-15-19(18)20-16(2)10-9-13-17-11-7-8-12-17/h6,15,17H,2-5,7-14H2,1H3. The van der Waals surface area contributed by atoms with Gasteiger partial charge in [-0.15, -0.1) is 0 Å². The minimum atomic E-state index is 1.02. The van der Waals surface area contributed by atoms with Crippen LogP contribution in [0.5, 0.6) is 0 Å². The van der Waals surface area contributed by atoms with Crippen molar-refractivity contribution in [1.29, 1.82) is 0 Å². The third-order valence-electron chi connectivity index (χ3n) is 4.69. The highest BCUT2D eigenvalue weighted by molar-refractivity contribution is 8.06. The maximum atomic E-state index is 4.31. The molecule has 0 saturated heterocycles. The van der Waals surface area contributed by atoms with E-state index in [1.165, 1.54) is 80.4 Å². The molecule has 1 heteroatoms. The second-order valence-corrected chi connectivity index (χ2v) is 7.52. The number of hydrogen-bond acceptors (Lipinski definition) is 1. The van der Waals surface area contributed by atoms with Gasteiger partial charge in [0.1, 0.15) is 0 Å². The summed E-state index contributed by atoms with van der Waals surface area (Å²) in [5.41, 5.74) is 1.64. The van der Waals surface area contributed by atoms with Crippen LogP contribution in [0.3, 0.4) is 0 Å². The molecule has 0 aliphatic heterocycles. The Hall–Kier alpha value is -0.430. The fraction of sp³-hybridized carbons (Fsp3) is 0.684. The maximum absolute atomic E-state index is 4.31. The van der Waals surface area contributed by atoms with E-state index in [0.717, 1.165) is 5.92 Å². The van der Waals surface area contributed by atoms with Gasteiger partial charge in [-0.05, 0) is 49.3 Å². The second-order valence-electron chi connectivity index (χ2n) is 6.30. The van der Waals surface area contributed by atoms with Gasteiger partial charge < -0.3 is 0 Å². The molecule has 0 bridgehead atoms. The quantitative estimate of drug-likeness (QED) is 0.486. The van der Waals surface area contributed by atoms with Crippen LogP contribution in [0.25, 0.3) is 0 Å². The first-order valence-corrected chi connectivity index (χ1v) is 9.35. The van der Waals surface area contributed by atoms with Crippen LogP contribution in [0, 0.1) is 5.92 Å². The Morgan fingerprint density at radius 1 is 1.30 bits per heavy atom. The van der Waals surface area contributed by atoms with E-state index in [1.807, 2.05) is 11.8 Å². The number of rotatable bonds is 7. The van der Waals surface area contributed by atoms with Gasteiger partial charge in [0.25, 0.3) is 0 Å². The molecule has 0 aromatic rings. The van der Waals surface area contributed by atoms with Crippen LogP contribution < -0.4 is 0 Å². The van der Waals surface area contributed by atoms with E-state index in [1.54, 1.807) is 5.57 Å². The molecular formula is C19H30S. The van der Waals surface area contributed by atoms with Crippen LogP contribution in [0.1, 0.15) is 77.6 Å². The van der Waals surface area contributed by atoms with Crippen LogP contribution >= 0.6 is 11.8 Å². The van der Waals surface area contributed by atoms with Crippen LogP contribution in [0.15, 0.2) is 34.1 Å². The zero-order valence-corrected chi connectivity index (χ0v) is 13.9. The van der Waals surface area contributed by atoms with Crippen molar-refractivity contribution < 1.29 is 0 Å². The van der Waals surface area contributed by atoms with Crippen molar-refractivity contribution in [1.82, 2.24) is 0 Å². The van der Waals surface area contributed by atoms with Gasteiger partial charge in [-0.1, -0.05) is 75.1 Å². The number of thioether (sulfide) groups is 1. The van der Waals surface area contributed by atoms with Crippen molar-refractivity contribution in [3.8, 4) is 0 Å². The Bertz CT molecular complexity index is 369. The van der Waals surface area contributed by atoms with Gasteiger partial charge in [0, 0.05) is 4.91 Å². The van der Waals surface area contributed by atoms with E-state index < -0.39 is 0 Å². The Kier molecular flexibility index (Phi) is 6.99. The summed E-state index contributed by atoms with van der Waals surface area (Å²) in [5, 5.41) is 0. The van der Waals surface area contributed by atoms with Crippen LogP contribution in [-0.2, 0) is 0 Å². The maximum Gasteiger partial charge on any atom is 0.0107 e. The third kappa shape index (κ3) is 5.16. The van der Waals surface area contributed by atoms with Crippen molar-refractivity contribution in [2.75, 3.05) is 0 Å². The highest BCUT2D eigenvalue weighted by Crippen LogP contribution is 2.36. The van der Waals surface area contributed by atoms with Crippen LogP contribution in [-0.4, -0.2) is 0 Å². The molecule has 0 atom stereocenters. The lowest BCUT2D eigenvalue weighted by molar-refractivity contribution is 0.486. The molecular weight excluding hydrogens is 260 g/mol. The SMILES string of the molecule is C=C(CCCC1CCCC1)SC1=C(CC)CCCC=C1. The molecule has 1 saturated carbocycles. The van der Waals surface area contributed by atoms with Crippen LogP contribution in [0.2, 0.25) is 0 Å². The van der Waals surface area contributed by atoms with Crippen LogP contribution in [0.4, 0.5) is 0 Å². The summed E-state index contributed by atoms with van der Waals surface area (Å²) in [4.78, 5) is 2.87. The Balaban J connectivity index is 1.75. The van der Waals surface area contributed by atoms with Crippen molar-refractivity contribution in [3.05, 3.63) is 34.1 Å². The van der Waals surface area contributed by atoms with Gasteiger partial charge in [0.15, 0.2) is 0 Å². The smallest absolute Gasteiger partial charge is 0.0107 e. The molecule has 112 valence electrons. The lowest BCUT2D eigenvalue weighted by Crippen LogP contribution is -1.93. The van der Waals surface area contributed by atoms with Gasteiger partial charge in [0.2, 0.25) is 0 Å². The molecule has 0 spiro atoms. The predicted molar refractivity (Wildman–Crippen MR) is 92.8 cm³/mol. The summed E-state index contributed by atoms with van der Waals surface area (Å²) < 4.78 is 0. The zero-order chi connectivity index (χ0) is 14.2. The van der Waals surface area contributed by atoms with Gasteiger partial charge in [-0.3, -0.25) is 0 Å². The monoisotopic (exact) mass is 290 g/mol. The normalized spacial score (nSPS) is 20.4. The van der Waals surface area contributed by atoms with Gasteiger partial charge in [-0.2, -0.15) is 0 Å². The summed E-state index contributed by atoms with van der Waals surface area (Å²) in [6.07, 6.45) is 19.6. The van der Waals surface area contributed by atoms with Crippen molar-refractivity contribution >= 4 is 11.8 Å². The molecule has 0 unspecified atom stereocenters. The van der Waals surface area contributed by atoms with E-state index in [0.29, 0.717) is 0 Å². The van der Waals surface area contributed by atoms with Gasteiger partial charge >= 0.3 is 0 Å². The first kappa shape index (κ1) is 15.9.